The van der Waals surface area contributed by atoms with Crippen molar-refractivity contribution in [2.75, 3.05) is 33.5 Å². The number of methoxy groups -OCH3 is 1. The van der Waals surface area contributed by atoms with E-state index in [0.717, 1.165) is 13.2 Å². The van der Waals surface area contributed by atoms with Gasteiger partial charge in [0.2, 0.25) is 0 Å². The molecule has 3 nitrogen and oxygen atoms in total. The number of nitrogens with one attached hydrogen (secondary N) is 1. The fraction of sp³-hybridized carbons (Fsp3) is 1.00. The molecule has 0 saturated heterocycles. The Morgan fingerprint density at radius 2 is 1.88 bits per heavy atom. The van der Waals surface area contributed by atoms with Gasteiger partial charge >= 0.3 is 0 Å². The van der Waals surface area contributed by atoms with E-state index in [2.05, 4.69) is 19.2 Å². The van der Waals surface area contributed by atoms with E-state index in [1.165, 1.54) is 32.1 Å². The molecule has 16 heavy (non-hydrogen) atoms. The van der Waals surface area contributed by atoms with Gasteiger partial charge in [0.15, 0.2) is 0 Å². The summed E-state index contributed by atoms with van der Waals surface area (Å²) in [6.45, 7) is 7.73. The fourth-order valence-electron chi connectivity index (χ4n) is 1.60. The molecule has 0 spiro atoms. The lowest BCUT2D eigenvalue weighted by atomic mass is 10.1. The Kier molecular flexibility index (Phi) is 12.9. The minimum absolute atomic E-state index is 0.517. The van der Waals surface area contributed by atoms with Gasteiger partial charge in [-0.1, -0.05) is 33.1 Å². The highest BCUT2D eigenvalue weighted by Crippen LogP contribution is 2.04. The number of unbranched alkanes of at least 4 members (excludes halogenated alkanes) is 2. The molecule has 0 aliphatic carbocycles. The SMILES string of the molecule is CCCCCC(COCCOC)NCCC. The predicted octanol–water partition coefficient (Wildman–Crippen LogP) is 2.60. The maximum absolute atomic E-state index is 5.58. The van der Waals surface area contributed by atoms with Crippen molar-refractivity contribution < 1.29 is 9.47 Å². The molecule has 0 bridgehead atoms. The normalized spacial score (nSPS) is 12.9. The molecule has 0 fully saturated rings. The highest BCUT2D eigenvalue weighted by molar-refractivity contribution is 4.65. The Balaban J connectivity index is 3.54. The molecule has 0 aromatic carbocycles. The van der Waals surface area contributed by atoms with E-state index in [1.807, 2.05) is 0 Å². The molecule has 1 N–H and O–H groups in total. The molecule has 1 atom stereocenters. The third-order valence-corrected chi connectivity index (χ3v) is 2.59. The highest BCUT2D eigenvalue weighted by Gasteiger charge is 2.06. The lowest BCUT2D eigenvalue weighted by Crippen LogP contribution is -2.34. The quantitative estimate of drug-likeness (QED) is 0.524. The topological polar surface area (TPSA) is 30.5 Å². The van der Waals surface area contributed by atoms with Crippen LogP contribution in [0.4, 0.5) is 0 Å². The van der Waals surface area contributed by atoms with Crippen LogP contribution in [0.3, 0.4) is 0 Å². The maximum Gasteiger partial charge on any atom is 0.0701 e. The summed E-state index contributed by atoms with van der Waals surface area (Å²) in [6.07, 6.45) is 6.31. The van der Waals surface area contributed by atoms with Gasteiger partial charge in [-0.15, -0.1) is 0 Å². The summed E-state index contributed by atoms with van der Waals surface area (Å²) in [5.41, 5.74) is 0. The monoisotopic (exact) mass is 231 g/mol. The van der Waals surface area contributed by atoms with Gasteiger partial charge < -0.3 is 14.8 Å². The van der Waals surface area contributed by atoms with Crippen LogP contribution in [0.1, 0.15) is 46.0 Å². The number of hydrogen-bond acceptors (Lipinski definition) is 3. The molecule has 0 aromatic heterocycles. The lowest BCUT2D eigenvalue weighted by Gasteiger charge is -2.18. The van der Waals surface area contributed by atoms with Crippen LogP contribution in [0.15, 0.2) is 0 Å². The minimum Gasteiger partial charge on any atom is -0.382 e. The second kappa shape index (κ2) is 12.9. The summed E-state index contributed by atoms with van der Waals surface area (Å²) in [4.78, 5) is 0. The molecule has 0 aliphatic rings. The minimum atomic E-state index is 0.517. The number of hydrogen-bond donors (Lipinski definition) is 1. The second-order valence-electron chi connectivity index (χ2n) is 4.21. The van der Waals surface area contributed by atoms with E-state index < -0.39 is 0 Å². The first-order chi connectivity index (χ1) is 7.85. The van der Waals surface area contributed by atoms with Gasteiger partial charge in [0.1, 0.15) is 0 Å². The van der Waals surface area contributed by atoms with E-state index >= 15 is 0 Å². The second-order valence-corrected chi connectivity index (χ2v) is 4.21. The Labute approximate surface area is 101 Å². The molecule has 0 aromatic rings. The van der Waals surface area contributed by atoms with Crippen molar-refractivity contribution in [3.63, 3.8) is 0 Å². The number of ether oxygens (including phenoxy) is 2. The van der Waals surface area contributed by atoms with Crippen LogP contribution >= 0.6 is 0 Å². The summed E-state index contributed by atoms with van der Waals surface area (Å²) in [5, 5.41) is 3.54. The van der Waals surface area contributed by atoms with Crippen molar-refractivity contribution in [1.29, 1.82) is 0 Å². The average molecular weight is 231 g/mol. The van der Waals surface area contributed by atoms with E-state index in [0.29, 0.717) is 19.3 Å². The van der Waals surface area contributed by atoms with Crippen LogP contribution in [-0.4, -0.2) is 39.5 Å². The van der Waals surface area contributed by atoms with Crippen LogP contribution in [0.5, 0.6) is 0 Å². The van der Waals surface area contributed by atoms with Gasteiger partial charge in [-0.05, 0) is 19.4 Å². The molecule has 3 heteroatoms. The first kappa shape index (κ1) is 15.9. The Bertz CT molecular complexity index is 131. The molecule has 0 radical (unpaired) electrons. The van der Waals surface area contributed by atoms with Crippen LogP contribution in [0.2, 0.25) is 0 Å². The molecule has 1 unspecified atom stereocenters. The van der Waals surface area contributed by atoms with Crippen molar-refractivity contribution in [1.82, 2.24) is 5.32 Å². The molecule has 0 aliphatic heterocycles. The van der Waals surface area contributed by atoms with Crippen LogP contribution in [-0.2, 0) is 9.47 Å². The zero-order valence-electron chi connectivity index (χ0n) is 11.3. The van der Waals surface area contributed by atoms with E-state index in [4.69, 9.17) is 9.47 Å². The Morgan fingerprint density at radius 3 is 2.50 bits per heavy atom. The van der Waals surface area contributed by atoms with Gasteiger partial charge in [0, 0.05) is 13.2 Å². The maximum atomic E-state index is 5.58. The number of rotatable bonds is 12. The van der Waals surface area contributed by atoms with Crippen molar-refractivity contribution in [3.8, 4) is 0 Å². The van der Waals surface area contributed by atoms with Gasteiger partial charge in [-0.2, -0.15) is 0 Å². The van der Waals surface area contributed by atoms with Gasteiger partial charge in [-0.25, -0.2) is 0 Å². The average Bonchev–Trinajstić information content (AvgIpc) is 2.31. The van der Waals surface area contributed by atoms with Crippen LogP contribution in [0, 0.1) is 0 Å². The zero-order valence-corrected chi connectivity index (χ0v) is 11.3. The third kappa shape index (κ3) is 10.4. The summed E-state index contributed by atoms with van der Waals surface area (Å²) in [6, 6.07) is 0.517. The summed E-state index contributed by atoms with van der Waals surface area (Å²) >= 11 is 0. The first-order valence-electron chi connectivity index (χ1n) is 6.65. The first-order valence-corrected chi connectivity index (χ1v) is 6.65. The van der Waals surface area contributed by atoms with E-state index in [1.54, 1.807) is 7.11 Å². The molecule has 0 rings (SSSR count). The molecule has 98 valence electrons. The molecular formula is C13H29NO2. The highest BCUT2D eigenvalue weighted by atomic mass is 16.5. The Morgan fingerprint density at radius 1 is 1.06 bits per heavy atom. The summed E-state index contributed by atoms with van der Waals surface area (Å²) in [7, 11) is 1.71. The van der Waals surface area contributed by atoms with E-state index in [-0.39, 0.29) is 0 Å². The zero-order chi connectivity index (χ0) is 12.1. The lowest BCUT2D eigenvalue weighted by molar-refractivity contribution is 0.0571. The fourth-order valence-corrected chi connectivity index (χ4v) is 1.60. The molecule has 0 saturated carbocycles. The third-order valence-electron chi connectivity index (χ3n) is 2.59. The summed E-state index contributed by atoms with van der Waals surface area (Å²) in [5.74, 6) is 0. The van der Waals surface area contributed by atoms with Gasteiger partial charge in [0.05, 0.1) is 19.8 Å². The van der Waals surface area contributed by atoms with Gasteiger partial charge in [0.25, 0.3) is 0 Å². The Hall–Kier alpha value is -0.120. The van der Waals surface area contributed by atoms with Crippen LogP contribution in [0.25, 0.3) is 0 Å². The molecule has 0 amide bonds. The van der Waals surface area contributed by atoms with Gasteiger partial charge in [-0.3, -0.25) is 0 Å². The van der Waals surface area contributed by atoms with Crippen molar-refractivity contribution in [3.05, 3.63) is 0 Å². The molecule has 0 heterocycles. The van der Waals surface area contributed by atoms with Crippen molar-refractivity contribution in [2.24, 2.45) is 0 Å². The standard InChI is InChI=1S/C13H29NO2/c1-4-6-7-8-13(14-9-5-2)12-16-11-10-15-3/h13-14H,4-12H2,1-3H3. The predicted molar refractivity (Wildman–Crippen MR) is 68.9 cm³/mol. The molecular weight excluding hydrogens is 202 g/mol. The summed E-state index contributed by atoms with van der Waals surface area (Å²) < 4.78 is 10.5. The smallest absolute Gasteiger partial charge is 0.0701 e. The van der Waals surface area contributed by atoms with Crippen LogP contribution < -0.4 is 5.32 Å². The van der Waals surface area contributed by atoms with E-state index in [9.17, 15) is 0 Å². The largest absolute Gasteiger partial charge is 0.382 e. The van der Waals surface area contributed by atoms with Crippen molar-refractivity contribution >= 4 is 0 Å². The van der Waals surface area contributed by atoms with Crippen molar-refractivity contribution in [2.45, 2.75) is 52.0 Å².